The number of hydroxylamine groups is 1. The normalized spacial score (nSPS) is 12.4. The predicted octanol–water partition coefficient (Wildman–Crippen LogP) is -0.201. The molecule has 1 heterocycles. The Bertz CT molecular complexity index is 918. The Labute approximate surface area is 156 Å². The van der Waals surface area contributed by atoms with Gasteiger partial charge in [0.2, 0.25) is 15.8 Å². The van der Waals surface area contributed by atoms with Crippen LogP contribution in [0.4, 0.5) is 15.9 Å². The topological polar surface area (TPSA) is 142 Å². The summed E-state index contributed by atoms with van der Waals surface area (Å²) in [4.78, 5) is 4.05. The van der Waals surface area contributed by atoms with E-state index in [-0.39, 0.29) is 46.8 Å². The molecular weight excluding hydrogens is 378 g/mol. The fourth-order valence-corrected chi connectivity index (χ4v) is 3.25. The molecule has 2 rings (SSSR count). The van der Waals surface area contributed by atoms with Gasteiger partial charge >= 0.3 is 0 Å². The van der Waals surface area contributed by atoms with Crippen LogP contribution in [0.15, 0.2) is 27.8 Å². The van der Waals surface area contributed by atoms with Crippen LogP contribution in [0, 0.1) is 5.82 Å². The number of aliphatic imine (C=N–C) groups is 1. The molecular formula is C14H18BFN6O4S. The van der Waals surface area contributed by atoms with Crippen LogP contribution in [0.25, 0.3) is 0 Å². The second-order valence-corrected chi connectivity index (χ2v) is 7.63. The van der Waals surface area contributed by atoms with Crippen molar-refractivity contribution >= 4 is 40.7 Å². The third kappa shape index (κ3) is 6.01. The van der Waals surface area contributed by atoms with Crippen molar-refractivity contribution in [3.8, 4) is 0 Å². The number of anilines is 1. The molecule has 0 aliphatic carbocycles. The van der Waals surface area contributed by atoms with E-state index in [0.29, 0.717) is 0 Å². The average molecular weight is 396 g/mol. The number of amidine groups is 1. The number of aromatic nitrogens is 2. The first-order chi connectivity index (χ1) is 12.7. The lowest BCUT2D eigenvalue weighted by Gasteiger charge is -2.10. The van der Waals surface area contributed by atoms with E-state index in [1.165, 1.54) is 12.1 Å². The van der Waals surface area contributed by atoms with Crippen molar-refractivity contribution in [1.29, 1.82) is 0 Å². The van der Waals surface area contributed by atoms with E-state index < -0.39 is 15.8 Å². The van der Waals surface area contributed by atoms with Crippen LogP contribution < -0.4 is 21.0 Å². The lowest BCUT2D eigenvalue weighted by Crippen LogP contribution is -2.34. The molecule has 0 unspecified atom stereocenters. The Kier molecular flexibility index (Phi) is 6.88. The summed E-state index contributed by atoms with van der Waals surface area (Å²) < 4.78 is 43.9. The van der Waals surface area contributed by atoms with Crippen molar-refractivity contribution in [3.05, 3.63) is 29.7 Å². The second kappa shape index (κ2) is 8.93. The summed E-state index contributed by atoms with van der Waals surface area (Å²) in [5.41, 5.74) is 1.96. The predicted molar refractivity (Wildman–Crippen MR) is 97.8 cm³/mol. The summed E-state index contributed by atoms with van der Waals surface area (Å²) in [5.74, 6) is -0.919. The molecule has 0 spiro atoms. The molecule has 1 aromatic carbocycles. The van der Waals surface area contributed by atoms with E-state index in [0.717, 1.165) is 6.07 Å². The van der Waals surface area contributed by atoms with Crippen molar-refractivity contribution in [1.82, 2.24) is 20.5 Å². The molecule has 0 aliphatic heterocycles. The zero-order valence-electron chi connectivity index (χ0n) is 14.6. The minimum absolute atomic E-state index is 0.00499. The van der Waals surface area contributed by atoms with Crippen LogP contribution in [0.5, 0.6) is 0 Å². The van der Waals surface area contributed by atoms with E-state index in [2.05, 4.69) is 30.0 Å². The Morgan fingerprint density at radius 2 is 2.15 bits per heavy atom. The molecule has 0 saturated heterocycles. The van der Waals surface area contributed by atoms with Gasteiger partial charge < -0.3 is 5.32 Å². The maximum Gasteiger partial charge on any atom is 0.213 e. The van der Waals surface area contributed by atoms with Gasteiger partial charge in [-0.3, -0.25) is 10.7 Å². The van der Waals surface area contributed by atoms with Crippen LogP contribution in [-0.2, 0) is 10.0 Å². The summed E-state index contributed by atoms with van der Waals surface area (Å²) in [5, 5.41) is 19.3. The molecule has 2 radical (unpaired) electrons. The Morgan fingerprint density at radius 1 is 1.41 bits per heavy atom. The number of nitrogens with one attached hydrogen (secondary N) is 3. The van der Waals surface area contributed by atoms with Crippen LogP contribution in [0.1, 0.15) is 19.5 Å². The average Bonchev–Trinajstić information content (AvgIpc) is 3.02. The van der Waals surface area contributed by atoms with Crippen LogP contribution in [0.2, 0.25) is 0 Å². The van der Waals surface area contributed by atoms with E-state index in [1.54, 1.807) is 13.8 Å². The third-order valence-corrected chi connectivity index (χ3v) is 4.69. The van der Waals surface area contributed by atoms with Crippen molar-refractivity contribution in [2.45, 2.75) is 19.9 Å². The number of halogens is 1. The molecule has 10 nitrogen and oxygen atoms in total. The number of sulfonamides is 1. The van der Waals surface area contributed by atoms with Gasteiger partial charge in [0.25, 0.3) is 0 Å². The molecule has 0 fully saturated rings. The van der Waals surface area contributed by atoms with Gasteiger partial charge in [-0.25, -0.2) is 27.2 Å². The van der Waals surface area contributed by atoms with E-state index >= 15 is 0 Å². The van der Waals surface area contributed by atoms with Gasteiger partial charge in [-0.05, 0) is 42.4 Å². The number of rotatable bonds is 8. The summed E-state index contributed by atoms with van der Waals surface area (Å²) in [6.07, 6.45) is 0. The smallest absolute Gasteiger partial charge is 0.213 e. The van der Waals surface area contributed by atoms with Gasteiger partial charge in [0.05, 0.1) is 11.4 Å². The maximum atomic E-state index is 13.2. The highest BCUT2D eigenvalue weighted by Gasteiger charge is 2.18. The molecule has 0 bridgehead atoms. The minimum atomic E-state index is -3.47. The molecule has 27 heavy (non-hydrogen) atoms. The monoisotopic (exact) mass is 396 g/mol. The molecule has 0 atom stereocenters. The highest BCUT2D eigenvalue weighted by molar-refractivity contribution is 7.89. The largest absolute Gasteiger partial charge is 0.364 e. The van der Waals surface area contributed by atoms with Gasteiger partial charge in [-0.15, -0.1) is 0 Å². The Hall–Kier alpha value is -2.51. The van der Waals surface area contributed by atoms with Gasteiger partial charge in [-0.1, -0.05) is 5.46 Å². The first-order valence-electron chi connectivity index (χ1n) is 7.82. The van der Waals surface area contributed by atoms with Crippen molar-refractivity contribution in [2.24, 2.45) is 4.99 Å². The van der Waals surface area contributed by atoms with Gasteiger partial charge in [0.1, 0.15) is 13.7 Å². The molecule has 2 aromatic rings. The maximum absolute atomic E-state index is 13.2. The van der Waals surface area contributed by atoms with Gasteiger partial charge in [-0.2, -0.15) is 0 Å². The second-order valence-electron chi connectivity index (χ2n) is 5.76. The summed E-state index contributed by atoms with van der Waals surface area (Å²) in [6, 6.07) is 3.50. The van der Waals surface area contributed by atoms with Crippen LogP contribution in [0.3, 0.4) is 0 Å². The van der Waals surface area contributed by atoms with Gasteiger partial charge in [0, 0.05) is 12.6 Å². The lowest BCUT2D eigenvalue weighted by molar-refractivity contribution is 0.234. The summed E-state index contributed by atoms with van der Waals surface area (Å²) in [6.45, 7) is 3.43. The minimum Gasteiger partial charge on any atom is -0.364 e. The highest BCUT2D eigenvalue weighted by atomic mass is 32.2. The third-order valence-electron chi connectivity index (χ3n) is 3.12. The zero-order valence-corrected chi connectivity index (χ0v) is 15.4. The molecule has 144 valence electrons. The molecule has 0 aliphatic rings. The molecule has 4 N–H and O–H groups in total. The quantitative estimate of drug-likeness (QED) is 0.208. The van der Waals surface area contributed by atoms with E-state index in [4.69, 9.17) is 7.85 Å². The van der Waals surface area contributed by atoms with Gasteiger partial charge in [0.15, 0.2) is 11.5 Å². The summed E-state index contributed by atoms with van der Waals surface area (Å²) in [7, 11) is 2.01. The first-order valence-corrected chi connectivity index (χ1v) is 9.47. The lowest BCUT2D eigenvalue weighted by atomic mass is 9.95. The van der Waals surface area contributed by atoms with E-state index in [1.807, 2.05) is 5.48 Å². The Balaban J connectivity index is 2.13. The molecule has 0 amide bonds. The Morgan fingerprint density at radius 3 is 2.78 bits per heavy atom. The first kappa shape index (κ1) is 20.8. The number of hydrogen-bond acceptors (Lipinski definition) is 8. The highest BCUT2D eigenvalue weighted by Crippen LogP contribution is 2.15. The zero-order chi connectivity index (χ0) is 20.0. The fraction of sp³-hybridized carbons (Fsp3) is 0.357. The molecule has 13 heteroatoms. The van der Waals surface area contributed by atoms with Crippen molar-refractivity contribution in [3.63, 3.8) is 0 Å². The van der Waals surface area contributed by atoms with E-state index in [9.17, 15) is 18.0 Å². The number of hydrogen-bond donors (Lipinski definition) is 4. The SMILES string of the molecule is [B]c1cc(N=C(NO)c2nonc2NCCS(=O)(=O)NC(C)C)ccc1F. The molecule has 0 saturated carbocycles. The fourth-order valence-electron chi connectivity index (χ4n) is 2.04. The standard InChI is InChI=1S/C14H18BFN6O4S/c1-8(2)22-27(24,25)6-5-17-13-12(20-26-21-13)14(19-23)18-9-3-4-11(16)10(15)7-9/h3-4,7-8,22-23H,5-6H2,1-2H3,(H,17,21)(H,18,19). The summed E-state index contributed by atoms with van der Waals surface area (Å²) >= 11 is 0. The number of nitrogens with zero attached hydrogens (tertiary/aromatic N) is 3. The van der Waals surface area contributed by atoms with Crippen molar-refractivity contribution < 1.29 is 22.6 Å². The van der Waals surface area contributed by atoms with Crippen LogP contribution >= 0.6 is 0 Å². The number of benzene rings is 1. The van der Waals surface area contributed by atoms with Crippen LogP contribution in [-0.4, -0.2) is 56.0 Å². The van der Waals surface area contributed by atoms with Crippen molar-refractivity contribution in [2.75, 3.05) is 17.6 Å². The molecule has 1 aromatic heterocycles.